The molecule has 3 N–H and O–H groups in total. The van der Waals surface area contributed by atoms with Crippen LogP contribution < -0.4 is 16.0 Å². The van der Waals surface area contributed by atoms with E-state index >= 15 is 0 Å². The Morgan fingerprint density at radius 3 is 2.81 bits per heavy atom. The number of ether oxygens (including phenoxy) is 1. The molecule has 0 radical (unpaired) electrons. The molecule has 0 aromatic heterocycles. The van der Waals surface area contributed by atoms with Crippen molar-refractivity contribution in [2.75, 3.05) is 33.4 Å². The van der Waals surface area contributed by atoms with E-state index in [9.17, 15) is 4.79 Å². The van der Waals surface area contributed by atoms with Crippen LogP contribution >= 0.6 is 0 Å². The molecule has 0 heterocycles. The number of amides is 1. The van der Waals surface area contributed by atoms with Crippen molar-refractivity contribution in [1.82, 2.24) is 16.0 Å². The molecule has 0 saturated heterocycles. The molecule has 0 unspecified atom stereocenters. The lowest BCUT2D eigenvalue weighted by Crippen LogP contribution is -2.37. The summed E-state index contributed by atoms with van der Waals surface area (Å²) in [6.07, 6.45) is 4.55. The molecule has 1 aromatic carbocycles. The van der Waals surface area contributed by atoms with E-state index in [2.05, 4.69) is 20.9 Å². The van der Waals surface area contributed by atoms with E-state index in [4.69, 9.17) is 4.74 Å². The first-order valence-electron chi connectivity index (χ1n) is 9.62. The molecule has 26 heavy (non-hydrogen) atoms. The third kappa shape index (κ3) is 7.87. The highest BCUT2D eigenvalue weighted by molar-refractivity contribution is 5.94. The Hall–Kier alpha value is -2.08. The van der Waals surface area contributed by atoms with Crippen LogP contribution in [-0.4, -0.2) is 45.2 Å². The normalized spacial score (nSPS) is 14.2. The van der Waals surface area contributed by atoms with E-state index in [-0.39, 0.29) is 5.91 Å². The van der Waals surface area contributed by atoms with Gasteiger partial charge in [0.1, 0.15) is 0 Å². The first-order chi connectivity index (χ1) is 12.7. The van der Waals surface area contributed by atoms with Crippen LogP contribution in [-0.2, 0) is 11.3 Å². The van der Waals surface area contributed by atoms with Crippen LogP contribution in [0.1, 0.15) is 48.5 Å². The Bertz CT molecular complexity index is 585. The van der Waals surface area contributed by atoms with Gasteiger partial charge in [-0.05, 0) is 49.3 Å². The summed E-state index contributed by atoms with van der Waals surface area (Å²) in [5.41, 5.74) is 1.73. The van der Waals surface area contributed by atoms with E-state index in [1.807, 2.05) is 31.2 Å². The topological polar surface area (TPSA) is 74.8 Å². The van der Waals surface area contributed by atoms with Gasteiger partial charge in [-0.15, -0.1) is 0 Å². The molecule has 1 aliphatic rings. The number of nitrogens with zero attached hydrogens (tertiary/aromatic N) is 1. The summed E-state index contributed by atoms with van der Waals surface area (Å²) in [4.78, 5) is 16.3. The highest BCUT2D eigenvalue weighted by Gasteiger charge is 2.20. The molecule has 1 amide bonds. The van der Waals surface area contributed by atoms with Gasteiger partial charge in [-0.1, -0.05) is 19.1 Å². The molecule has 0 aliphatic heterocycles. The predicted octanol–water partition coefficient (Wildman–Crippen LogP) is 2.31. The lowest BCUT2D eigenvalue weighted by Gasteiger charge is -2.12. The van der Waals surface area contributed by atoms with Gasteiger partial charge in [-0.25, -0.2) is 0 Å². The highest BCUT2D eigenvalue weighted by Crippen LogP contribution is 2.28. The summed E-state index contributed by atoms with van der Waals surface area (Å²) in [6.45, 7) is 5.88. The fraction of sp³-hybridized carbons (Fsp3) is 0.600. The van der Waals surface area contributed by atoms with Gasteiger partial charge in [0.2, 0.25) is 0 Å². The summed E-state index contributed by atoms with van der Waals surface area (Å²) in [5.74, 6) is 1.55. The molecule has 0 atom stereocenters. The zero-order valence-corrected chi connectivity index (χ0v) is 16.0. The molecule has 2 rings (SSSR count). The smallest absolute Gasteiger partial charge is 0.251 e. The molecule has 1 aliphatic carbocycles. The second-order valence-corrected chi connectivity index (χ2v) is 6.68. The Balaban J connectivity index is 1.67. The van der Waals surface area contributed by atoms with Crippen LogP contribution in [0.4, 0.5) is 0 Å². The first kappa shape index (κ1) is 20.2. The summed E-state index contributed by atoms with van der Waals surface area (Å²) in [6, 6.07) is 7.66. The van der Waals surface area contributed by atoms with Crippen LogP contribution in [0.2, 0.25) is 0 Å². The maximum Gasteiger partial charge on any atom is 0.251 e. The number of aliphatic imine (C=N–C) groups is 1. The van der Waals surface area contributed by atoms with Gasteiger partial charge < -0.3 is 20.7 Å². The molecule has 0 spiro atoms. The quantitative estimate of drug-likeness (QED) is 0.322. The molecule has 144 valence electrons. The molecular weight excluding hydrogens is 328 g/mol. The van der Waals surface area contributed by atoms with Crippen molar-refractivity contribution < 1.29 is 9.53 Å². The van der Waals surface area contributed by atoms with Crippen molar-refractivity contribution in [2.45, 2.75) is 39.2 Å². The van der Waals surface area contributed by atoms with E-state index in [0.29, 0.717) is 18.7 Å². The molecule has 1 aromatic rings. The molecule has 6 nitrogen and oxygen atoms in total. The molecule has 0 bridgehead atoms. The number of carbonyl (C=O) groups excluding carboxylic acids is 1. The average Bonchev–Trinajstić information content (AvgIpc) is 3.49. The van der Waals surface area contributed by atoms with Gasteiger partial charge in [0.25, 0.3) is 5.91 Å². The summed E-state index contributed by atoms with van der Waals surface area (Å²) < 4.78 is 5.63. The molecule has 6 heteroatoms. The number of hydrogen-bond donors (Lipinski definition) is 3. The second-order valence-electron chi connectivity index (χ2n) is 6.68. The predicted molar refractivity (Wildman–Crippen MR) is 105 cm³/mol. The van der Waals surface area contributed by atoms with Gasteiger partial charge in [0.05, 0.1) is 0 Å². The van der Waals surface area contributed by atoms with Gasteiger partial charge in [0.15, 0.2) is 5.96 Å². The highest BCUT2D eigenvalue weighted by atomic mass is 16.5. The van der Waals surface area contributed by atoms with Crippen molar-refractivity contribution in [3.8, 4) is 0 Å². The Morgan fingerprint density at radius 1 is 1.23 bits per heavy atom. The van der Waals surface area contributed by atoms with Gasteiger partial charge >= 0.3 is 0 Å². The molecule has 1 fully saturated rings. The monoisotopic (exact) mass is 360 g/mol. The van der Waals surface area contributed by atoms with E-state index < -0.39 is 0 Å². The fourth-order valence-corrected chi connectivity index (χ4v) is 2.49. The van der Waals surface area contributed by atoms with E-state index in [1.165, 1.54) is 12.8 Å². The van der Waals surface area contributed by atoms with Crippen LogP contribution in [0.5, 0.6) is 0 Å². The van der Waals surface area contributed by atoms with Crippen molar-refractivity contribution in [3.63, 3.8) is 0 Å². The van der Waals surface area contributed by atoms with Crippen molar-refractivity contribution in [1.29, 1.82) is 0 Å². The van der Waals surface area contributed by atoms with Gasteiger partial charge in [-0.2, -0.15) is 0 Å². The van der Waals surface area contributed by atoms with Crippen molar-refractivity contribution in [3.05, 3.63) is 35.4 Å². The number of carbonyl (C=O) groups is 1. The SMILES string of the molecule is CCCNC(=O)c1cccc(CNC(=NC)NCCCOCC2CC2)c1. The van der Waals surface area contributed by atoms with Crippen LogP contribution in [0.15, 0.2) is 29.3 Å². The number of rotatable bonds is 11. The molecular formula is C20H32N4O2. The zero-order chi connectivity index (χ0) is 18.6. The summed E-state index contributed by atoms with van der Waals surface area (Å²) >= 11 is 0. The van der Waals surface area contributed by atoms with Crippen LogP contribution in [0, 0.1) is 5.92 Å². The second kappa shape index (κ2) is 11.5. The van der Waals surface area contributed by atoms with Crippen molar-refractivity contribution >= 4 is 11.9 Å². The average molecular weight is 361 g/mol. The lowest BCUT2D eigenvalue weighted by molar-refractivity contribution is 0.0953. The minimum Gasteiger partial charge on any atom is -0.381 e. The minimum absolute atomic E-state index is 0.0256. The maximum atomic E-state index is 12.0. The summed E-state index contributed by atoms with van der Waals surface area (Å²) in [5, 5.41) is 9.47. The Labute approximate surface area is 156 Å². The Kier molecular flexibility index (Phi) is 8.96. The summed E-state index contributed by atoms with van der Waals surface area (Å²) in [7, 11) is 1.76. The number of benzene rings is 1. The van der Waals surface area contributed by atoms with Crippen LogP contribution in [0.3, 0.4) is 0 Å². The maximum absolute atomic E-state index is 12.0. The number of hydrogen-bond acceptors (Lipinski definition) is 3. The minimum atomic E-state index is -0.0256. The molecule has 1 saturated carbocycles. The van der Waals surface area contributed by atoms with E-state index in [1.54, 1.807) is 7.05 Å². The Morgan fingerprint density at radius 2 is 2.08 bits per heavy atom. The zero-order valence-electron chi connectivity index (χ0n) is 16.0. The van der Waals surface area contributed by atoms with Gasteiger partial charge in [0, 0.05) is 45.5 Å². The third-order valence-electron chi connectivity index (χ3n) is 4.22. The largest absolute Gasteiger partial charge is 0.381 e. The third-order valence-corrected chi connectivity index (χ3v) is 4.22. The van der Waals surface area contributed by atoms with E-state index in [0.717, 1.165) is 50.0 Å². The standard InChI is InChI=1S/C20H32N4O2/c1-3-10-22-19(25)18-7-4-6-17(13-18)14-24-20(21-2)23-11-5-12-26-15-16-8-9-16/h4,6-7,13,16H,3,5,8-12,14-15H2,1-2H3,(H,22,25)(H2,21,23,24). The van der Waals surface area contributed by atoms with Crippen LogP contribution in [0.25, 0.3) is 0 Å². The number of guanidine groups is 1. The first-order valence-corrected chi connectivity index (χ1v) is 9.62. The van der Waals surface area contributed by atoms with Crippen molar-refractivity contribution in [2.24, 2.45) is 10.9 Å². The number of nitrogens with one attached hydrogen (secondary N) is 3. The van der Waals surface area contributed by atoms with Gasteiger partial charge in [-0.3, -0.25) is 9.79 Å². The fourth-order valence-electron chi connectivity index (χ4n) is 2.49. The lowest BCUT2D eigenvalue weighted by atomic mass is 10.1.